The van der Waals surface area contributed by atoms with E-state index >= 15 is 0 Å². The molecule has 2 aliphatic rings. The number of urea groups is 1. The van der Waals surface area contributed by atoms with E-state index in [4.69, 9.17) is 4.74 Å². The van der Waals surface area contributed by atoms with Crippen LogP contribution in [-0.4, -0.2) is 36.4 Å². The van der Waals surface area contributed by atoms with Crippen LogP contribution in [0.4, 0.5) is 4.79 Å². The molecule has 2 aliphatic carbocycles. The van der Waals surface area contributed by atoms with Crippen LogP contribution in [0.3, 0.4) is 0 Å². The Morgan fingerprint density at radius 1 is 1.38 bits per heavy atom. The summed E-state index contributed by atoms with van der Waals surface area (Å²) in [4.78, 5) is 12.5. The van der Waals surface area contributed by atoms with Crippen LogP contribution in [0.25, 0.3) is 0 Å². The Hall–Kier alpha value is -1.75. The molecule has 0 bridgehead atoms. The summed E-state index contributed by atoms with van der Waals surface area (Å²) < 4.78 is 5.28. The van der Waals surface area contributed by atoms with E-state index in [0.29, 0.717) is 5.92 Å². The van der Waals surface area contributed by atoms with Crippen LogP contribution >= 0.6 is 0 Å². The second-order valence-electron chi connectivity index (χ2n) is 7.24. The van der Waals surface area contributed by atoms with Crippen LogP contribution in [-0.2, 0) is 6.42 Å². The number of carbonyl (C=O) groups is 1. The fraction of sp³-hybridized carbons (Fsp3) is 0.632. The Balaban J connectivity index is 1.60. The highest BCUT2D eigenvalue weighted by Crippen LogP contribution is 2.35. The molecule has 0 heterocycles. The summed E-state index contributed by atoms with van der Waals surface area (Å²) in [6.45, 7) is 0.0183. The second kappa shape index (κ2) is 7.43. The number of aliphatic hydroxyl groups is 1. The van der Waals surface area contributed by atoms with Crippen molar-refractivity contribution in [3.63, 3.8) is 0 Å². The third kappa shape index (κ3) is 4.20. The molecule has 24 heavy (non-hydrogen) atoms. The first-order valence-corrected chi connectivity index (χ1v) is 8.97. The number of methoxy groups -OCH3 is 1. The van der Waals surface area contributed by atoms with Gasteiger partial charge in [-0.2, -0.15) is 0 Å². The maximum atomic E-state index is 12.5. The minimum Gasteiger partial charge on any atom is -0.497 e. The van der Waals surface area contributed by atoms with E-state index in [0.717, 1.165) is 37.9 Å². The topological polar surface area (TPSA) is 70.6 Å². The molecule has 0 spiro atoms. The van der Waals surface area contributed by atoms with Gasteiger partial charge in [0.1, 0.15) is 5.75 Å². The standard InChI is InChI=1S/C19H28N2O3/c1-24-16-6-4-5-14(11-16)12-17(15-7-8-15)20-18(23)21-19(13-22)9-2-3-10-19/h4-6,11,15,17,22H,2-3,7-10,12-13H2,1H3,(H2,20,21,23). The summed E-state index contributed by atoms with van der Waals surface area (Å²) in [5.74, 6) is 1.40. The summed E-state index contributed by atoms with van der Waals surface area (Å²) >= 11 is 0. The number of ether oxygens (including phenoxy) is 1. The zero-order valence-corrected chi connectivity index (χ0v) is 14.4. The first kappa shape index (κ1) is 17.1. The van der Waals surface area contributed by atoms with Crippen molar-refractivity contribution in [3.8, 4) is 5.75 Å². The Labute approximate surface area is 143 Å². The highest BCUT2D eigenvalue weighted by Gasteiger charge is 2.37. The van der Waals surface area contributed by atoms with Gasteiger partial charge in [0.15, 0.2) is 0 Å². The van der Waals surface area contributed by atoms with Crippen molar-refractivity contribution in [2.24, 2.45) is 5.92 Å². The van der Waals surface area contributed by atoms with E-state index in [1.807, 2.05) is 18.2 Å². The molecule has 1 unspecified atom stereocenters. The molecule has 2 saturated carbocycles. The fourth-order valence-electron chi connectivity index (χ4n) is 3.71. The first-order chi connectivity index (χ1) is 11.6. The molecule has 5 nitrogen and oxygen atoms in total. The third-order valence-corrected chi connectivity index (χ3v) is 5.34. The van der Waals surface area contributed by atoms with Gasteiger partial charge in [-0.1, -0.05) is 25.0 Å². The summed E-state index contributed by atoms with van der Waals surface area (Å²) in [5, 5.41) is 15.8. The largest absolute Gasteiger partial charge is 0.497 e. The van der Waals surface area contributed by atoms with Crippen LogP contribution in [0.15, 0.2) is 24.3 Å². The molecule has 0 radical (unpaired) electrons. The van der Waals surface area contributed by atoms with Crippen LogP contribution in [0.1, 0.15) is 44.1 Å². The van der Waals surface area contributed by atoms with E-state index in [9.17, 15) is 9.90 Å². The fourth-order valence-corrected chi connectivity index (χ4v) is 3.71. The molecule has 2 amide bonds. The molecule has 3 rings (SSSR count). The summed E-state index contributed by atoms with van der Waals surface area (Å²) in [5.41, 5.74) is 0.748. The molecular weight excluding hydrogens is 304 g/mol. The predicted molar refractivity (Wildman–Crippen MR) is 93.2 cm³/mol. The number of hydrogen-bond acceptors (Lipinski definition) is 3. The van der Waals surface area contributed by atoms with Gasteiger partial charge in [0.25, 0.3) is 0 Å². The van der Waals surface area contributed by atoms with Gasteiger partial charge in [0, 0.05) is 6.04 Å². The number of amides is 2. The maximum Gasteiger partial charge on any atom is 0.315 e. The van der Waals surface area contributed by atoms with Crippen molar-refractivity contribution in [3.05, 3.63) is 29.8 Å². The predicted octanol–water partition coefficient (Wildman–Crippen LogP) is 2.62. The number of rotatable bonds is 7. The Morgan fingerprint density at radius 2 is 2.12 bits per heavy atom. The highest BCUT2D eigenvalue weighted by molar-refractivity contribution is 5.75. The van der Waals surface area contributed by atoms with Crippen molar-refractivity contribution in [2.45, 2.75) is 56.5 Å². The Morgan fingerprint density at radius 3 is 2.75 bits per heavy atom. The van der Waals surface area contributed by atoms with Crippen LogP contribution < -0.4 is 15.4 Å². The van der Waals surface area contributed by atoms with E-state index in [-0.39, 0.29) is 18.7 Å². The zero-order valence-electron chi connectivity index (χ0n) is 14.4. The van der Waals surface area contributed by atoms with Crippen molar-refractivity contribution >= 4 is 6.03 Å². The normalized spacial score (nSPS) is 20.4. The van der Waals surface area contributed by atoms with Gasteiger partial charge in [-0.25, -0.2) is 4.79 Å². The van der Waals surface area contributed by atoms with Crippen LogP contribution in [0, 0.1) is 5.92 Å². The molecule has 0 aliphatic heterocycles. The van der Waals surface area contributed by atoms with E-state index in [1.165, 1.54) is 18.4 Å². The van der Waals surface area contributed by atoms with Crippen molar-refractivity contribution in [2.75, 3.05) is 13.7 Å². The van der Waals surface area contributed by atoms with Crippen molar-refractivity contribution in [1.82, 2.24) is 10.6 Å². The zero-order chi connectivity index (χ0) is 17.0. The van der Waals surface area contributed by atoms with Crippen molar-refractivity contribution < 1.29 is 14.6 Å². The van der Waals surface area contributed by atoms with Gasteiger partial charge in [0.05, 0.1) is 19.3 Å². The molecule has 0 saturated heterocycles. The van der Waals surface area contributed by atoms with Gasteiger partial charge >= 0.3 is 6.03 Å². The SMILES string of the molecule is COc1cccc(CC(NC(=O)NC2(CO)CCCC2)C2CC2)c1. The second-order valence-corrected chi connectivity index (χ2v) is 7.24. The lowest BCUT2D eigenvalue weighted by Crippen LogP contribution is -2.55. The summed E-state index contributed by atoms with van der Waals surface area (Å²) in [6.07, 6.45) is 7.00. The third-order valence-electron chi connectivity index (χ3n) is 5.34. The van der Waals surface area contributed by atoms with E-state index in [1.54, 1.807) is 7.11 Å². The Kier molecular flexibility index (Phi) is 5.29. The number of hydrogen-bond donors (Lipinski definition) is 3. The van der Waals surface area contributed by atoms with Gasteiger partial charge in [-0.3, -0.25) is 0 Å². The molecular formula is C19H28N2O3. The molecule has 0 aromatic heterocycles. The lowest BCUT2D eigenvalue weighted by molar-refractivity contribution is 0.161. The number of benzene rings is 1. The van der Waals surface area contributed by atoms with Gasteiger partial charge in [0.2, 0.25) is 0 Å². The molecule has 1 atom stereocenters. The van der Waals surface area contributed by atoms with Gasteiger partial charge in [-0.15, -0.1) is 0 Å². The molecule has 1 aromatic rings. The van der Waals surface area contributed by atoms with Crippen molar-refractivity contribution in [1.29, 1.82) is 0 Å². The lowest BCUT2D eigenvalue weighted by Gasteiger charge is -2.29. The minimum absolute atomic E-state index is 0.0183. The summed E-state index contributed by atoms with van der Waals surface area (Å²) in [7, 11) is 1.67. The van der Waals surface area contributed by atoms with Gasteiger partial charge in [-0.05, 0) is 55.7 Å². The molecule has 5 heteroatoms. The average molecular weight is 332 g/mol. The molecule has 1 aromatic carbocycles. The molecule has 2 fully saturated rings. The smallest absolute Gasteiger partial charge is 0.315 e. The quantitative estimate of drug-likeness (QED) is 0.719. The first-order valence-electron chi connectivity index (χ1n) is 8.97. The summed E-state index contributed by atoms with van der Waals surface area (Å²) in [6, 6.07) is 8.00. The minimum atomic E-state index is -0.422. The maximum absolute atomic E-state index is 12.5. The lowest BCUT2D eigenvalue weighted by atomic mass is 9.99. The number of carbonyl (C=O) groups excluding carboxylic acids is 1. The van der Waals surface area contributed by atoms with Crippen LogP contribution in [0.5, 0.6) is 5.75 Å². The molecule has 132 valence electrons. The Bertz CT molecular complexity index is 565. The highest BCUT2D eigenvalue weighted by atomic mass is 16.5. The van der Waals surface area contributed by atoms with E-state index < -0.39 is 5.54 Å². The number of nitrogens with one attached hydrogen (secondary N) is 2. The number of aliphatic hydroxyl groups excluding tert-OH is 1. The van der Waals surface area contributed by atoms with E-state index in [2.05, 4.69) is 16.7 Å². The average Bonchev–Trinajstić information content (AvgIpc) is 3.34. The van der Waals surface area contributed by atoms with Crippen LogP contribution in [0.2, 0.25) is 0 Å². The molecule has 3 N–H and O–H groups in total. The van der Waals surface area contributed by atoms with Gasteiger partial charge < -0.3 is 20.5 Å². The monoisotopic (exact) mass is 332 g/mol.